The highest BCUT2D eigenvalue weighted by Crippen LogP contribution is 2.38. The summed E-state index contributed by atoms with van der Waals surface area (Å²) in [6.07, 6.45) is 7.86. The summed E-state index contributed by atoms with van der Waals surface area (Å²) in [5.74, 6) is 3.04. The third-order valence-corrected chi connectivity index (χ3v) is 9.50. The second-order valence-electron chi connectivity index (χ2n) is 11.5. The number of H-pyrrole nitrogens is 1. The summed E-state index contributed by atoms with van der Waals surface area (Å²) in [4.78, 5) is 9.20. The third-order valence-electron chi connectivity index (χ3n) is 9.50. The molecule has 3 aromatic rings. The number of hydrogen-bond acceptors (Lipinski definition) is 4. The minimum atomic E-state index is 0.657. The average molecular weight is 518 g/mol. The van der Waals surface area contributed by atoms with E-state index < -0.39 is 0 Å². The van der Waals surface area contributed by atoms with Gasteiger partial charge in [0.05, 0.1) is 14.2 Å². The summed E-state index contributed by atoms with van der Waals surface area (Å²) < 4.78 is 11.0. The van der Waals surface area contributed by atoms with E-state index in [2.05, 4.69) is 65.9 Å². The summed E-state index contributed by atoms with van der Waals surface area (Å²) in [7, 11) is 3.37. The molecule has 206 valence electrons. The van der Waals surface area contributed by atoms with Crippen LogP contribution in [-0.2, 0) is 0 Å². The molecule has 0 amide bonds. The van der Waals surface area contributed by atoms with Crippen LogP contribution in [0.15, 0.2) is 36.4 Å². The lowest BCUT2D eigenvalue weighted by atomic mass is 9.87. The zero-order valence-corrected chi connectivity index (χ0v) is 24.2. The van der Waals surface area contributed by atoms with Crippen molar-refractivity contribution in [2.75, 3.05) is 46.9 Å². The van der Waals surface area contributed by atoms with Gasteiger partial charge < -0.3 is 24.3 Å². The summed E-state index contributed by atoms with van der Waals surface area (Å²) >= 11 is 0. The minimum absolute atomic E-state index is 0.657. The molecule has 0 saturated carbocycles. The fourth-order valence-electron chi connectivity index (χ4n) is 6.86. The maximum atomic E-state index is 5.55. The Hall–Kier alpha value is -2.50. The molecular formula is C33H47N3O2. The van der Waals surface area contributed by atoms with Crippen LogP contribution in [0.2, 0.25) is 0 Å². The monoisotopic (exact) mass is 517 g/mol. The maximum Gasteiger partial charge on any atom is 0.161 e. The van der Waals surface area contributed by atoms with Gasteiger partial charge in [0.15, 0.2) is 11.5 Å². The topological polar surface area (TPSA) is 40.7 Å². The van der Waals surface area contributed by atoms with Crippen LogP contribution in [0, 0.1) is 12.8 Å². The average Bonchev–Trinajstić information content (AvgIpc) is 3.31. The Bertz CT molecular complexity index is 1200. The molecular weight excluding hydrogens is 470 g/mol. The SMILES string of the molecule is CCC(CC)CN1CCC(N2CCC(c3ccc4[nH]c(-c5ccc(OC)c(OC)c5)c(C)c4c3)CC2)CC1. The molecule has 1 N–H and O–H groups in total. The molecule has 5 rings (SSSR count). The predicted octanol–water partition coefficient (Wildman–Crippen LogP) is 7.24. The molecule has 38 heavy (non-hydrogen) atoms. The smallest absolute Gasteiger partial charge is 0.161 e. The number of rotatable bonds is 9. The molecule has 0 unspecified atom stereocenters. The number of ether oxygens (including phenoxy) is 2. The van der Waals surface area contributed by atoms with E-state index in [1.54, 1.807) is 14.2 Å². The molecule has 2 saturated heterocycles. The van der Waals surface area contributed by atoms with E-state index in [4.69, 9.17) is 9.47 Å². The Balaban J connectivity index is 1.22. The third kappa shape index (κ3) is 5.60. The van der Waals surface area contributed by atoms with Gasteiger partial charge in [-0.25, -0.2) is 0 Å². The van der Waals surface area contributed by atoms with Crippen LogP contribution in [-0.4, -0.2) is 67.8 Å². The number of likely N-dealkylation sites (tertiary alicyclic amines) is 2. The second-order valence-corrected chi connectivity index (χ2v) is 11.5. The van der Waals surface area contributed by atoms with E-state index in [9.17, 15) is 0 Å². The molecule has 0 spiro atoms. The Labute approximate surface area is 229 Å². The van der Waals surface area contributed by atoms with E-state index in [0.717, 1.165) is 34.7 Å². The van der Waals surface area contributed by atoms with E-state index >= 15 is 0 Å². The molecule has 0 radical (unpaired) electrons. The van der Waals surface area contributed by atoms with Crippen molar-refractivity contribution in [1.29, 1.82) is 0 Å². The van der Waals surface area contributed by atoms with Crippen molar-refractivity contribution in [2.24, 2.45) is 5.92 Å². The Morgan fingerprint density at radius 1 is 0.868 bits per heavy atom. The Kier molecular flexibility index (Phi) is 8.64. The summed E-state index contributed by atoms with van der Waals surface area (Å²) in [5.41, 5.74) is 6.28. The van der Waals surface area contributed by atoms with Gasteiger partial charge in [-0.3, -0.25) is 0 Å². The van der Waals surface area contributed by atoms with Crippen molar-refractivity contribution >= 4 is 10.9 Å². The van der Waals surface area contributed by atoms with Crippen LogP contribution >= 0.6 is 0 Å². The van der Waals surface area contributed by atoms with Crippen LogP contribution in [0.3, 0.4) is 0 Å². The van der Waals surface area contributed by atoms with Crippen molar-refractivity contribution in [2.45, 2.75) is 71.3 Å². The molecule has 0 aliphatic carbocycles. The number of hydrogen-bond donors (Lipinski definition) is 1. The van der Waals surface area contributed by atoms with E-state index in [1.807, 2.05) is 6.07 Å². The molecule has 0 bridgehead atoms. The molecule has 2 aromatic carbocycles. The quantitative estimate of drug-likeness (QED) is 0.325. The first kappa shape index (κ1) is 27.1. The minimum Gasteiger partial charge on any atom is -0.493 e. The van der Waals surface area contributed by atoms with Gasteiger partial charge >= 0.3 is 0 Å². The van der Waals surface area contributed by atoms with Gasteiger partial charge in [0.25, 0.3) is 0 Å². The Morgan fingerprint density at radius 2 is 1.58 bits per heavy atom. The van der Waals surface area contributed by atoms with Crippen LogP contribution in [0.1, 0.15) is 69.4 Å². The van der Waals surface area contributed by atoms with Gasteiger partial charge in [0, 0.05) is 34.7 Å². The lowest BCUT2D eigenvalue weighted by molar-refractivity contribution is 0.0800. The number of benzene rings is 2. The highest BCUT2D eigenvalue weighted by atomic mass is 16.5. The van der Waals surface area contributed by atoms with Crippen molar-refractivity contribution in [3.05, 3.63) is 47.5 Å². The standard InChI is InChI=1S/C33H47N3O2/c1-6-24(7-2)22-35-16-14-28(15-17-35)36-18-12-25(13-19-36)26-8-10-30-29(20-26)23(3)33(34-30)27-9-11-31(37-4)32(21-27)38-5/h8-11,20-21,24-25,28,34H,6-7,12-19,22H2,1-5H3. The van der Waals surface area contributed by atoms with Gasteiger partial charge in [-0.15, -0.1) is 0 Å². The molecule has 5 heteroatoms. The number of methoxy groups -OCH3 is 2. The number of nitrogens with one attached hydrogen (secondary N) is 1. The van der Waals surface area contributed by atoms with Crippen LogP contribution in [0.25, 0.3) is 22.2 Å². The van der Waals surface area contributed by atoms with Crippen LogP contribution < -0.4 is 9.47 Å². The number of aromatic amines is 1. The lowest BCUT2D eigenvalue weighted by Gasteiger charge is -2.42. The summed E-state index contributed by atoms with van der Waals surface area (Å²) in [6, 6.07) is 14.0. The van der Waals surface area contributed by atoms with Gasteiger partial charge in [-0.1, -0.05) is 32.8 Å². The van der Waals surface area contributed by atoms with Gasteiger partial charge in [0.2, 0.25) is 0 Å². The molecule has 2 aliphatic heterocycles. The first-order valence-electron chi connectivity index (χ1n) is 14.9. The van der Waals surface area contributed by atoms with Crippen molar-refractivity contribution < 1.29 is 9.47 Å². The first-order chi connectivity index (χ1) is 18.5. The summed E-state index contributed by atoms with van der Waals surface area (Å²) in [6.45, 7) is 13.3. The summed E-state index contributed by atoms with van der Waals surface area (Å²) in [5, 5.41) is 1.33. The predicted molar refractivity (Wildman–Crippen MR) is 159 cm³/mol. The maximum absolute atomic E-state index is 5.55. The van der Waals surface area contributed by atoms with Crippen molar-refractivity contribution in [1.82, 2.24) is 14.8 Å². The highest BCUT2D eigenvalue weighted by molar-refractivity contribution is 5.91. The molecule has 0 atom stereocenters. The first-order valence-corrected chi connectivity index (χ1v) is 14.9. The van der Waals surface area contributed by atoms with Crippen molar-refractivity contribution in [3.8, 4) is 22.8 Å². The van der Waals surface area contributed by atoms with Crippen molar-refractivity contribution in [3.63, 3.8) is 0 Å². The molecule has 3 heterocycles. The molecule has 1 aromatic heterocycles. The molecule has 5 nitrogen and oxygen atoms in total. The second kappa shape index (κ2) is 12.1. The molecule has 2 aliphatic rings. The molecule has 2 fully saturated rings. The number of nitrogens with zero attached hydrogens (tertiary/aromatic N) is 2. The fourth-order valence-corrected chi connectivity index (χ4v) is 6.86. The van der Waals surface area contributed by atoms with Gasteiger partial charge in [0.1, 0.15) is 0 Å². The van der Waals surface area contributed by atoms with Gasteiger partial charge in [-0.2, -0.15) is 0 Å². The van der Waals surface area contributed by atoms with E-state index in [0.29, 0.717) is 5.92 Å². The lowest BCUT2D eigenvalue weighted by Crippen LogP contribution is -2.48. The normalized spacial score (nSPS) is 18.5. The van der Waals surface area contributed by atoms with Crippen LogP contribution in [0.5, 0.6) is 11.5 Å². The highest BCUT2D eigenvalue weighted by Gasteiger charge is 2.29. The van der Waals surface area contributed by atoms with E-state index in [1.165, 1.54) is 93.3 Å². The number of aryl methyl sites for hydroxylation is 1. The number of aromatic nitrogens is 1. The largest absolute Gasteiger partial charge is 0.493 e. The number of fused-ring (bicyclic) bond motifs is 1. The zero-order chi connectivity index (χ0) is 26.6. The van der Waals surface area contributed by atoms with E-state index in [-0.39, 0.29) is 0 Å². The van der Waals surface area contributed by atoms with Crippen LogP contribution in [0.4, 0.5) is 0 Å². The zero-order valence-electron chi connectivity index (χ0n) is 24.2. The fraction of sp³-hybridized carbons (Fsp3) is 0.576. The van der Waals surface area contributed by atoms with Gasteiger partial charge in [-0.05, 0) is 112 Å². The Morgan fingerprint density at radius 3 is 2.24 bits per heavy atom. The number of piperidine rings is 2.